The molecule has 8 rings (SSSR count). The molecule has 21 heteroatoms. The number of carbonyl (C=O) groups is 4. The van der Waals surface area contributed by atoms with Gasteiger partial charge in [-0.25, -0.2) is 14.0 Å². The fraction of sp³-hybridized carbons (Fsp3) is 0.0698. The van der Waals surface area contributed by atoms with Crippen LogP contribution in [0.4, 0.5) is 45.5 Å². The van der Waals surface area contributed by atoms with Crippen molar-refractivity contribution in [2.24, 2.45) is 0 Å². The predicted octanol–water partition coefficient (Wildman–Crippen LogP) is 8.16. The molecule has 0 atom stereocenters. The third kappa shape index (κ3) is 11.2. The van der Waals surface area contributed by atoms with Gasteiger partial charge in [0.25, 0.3) is 11.8 Å². The minimum atomic E-state index is -3.78. The molecule has 6 N–H and O–H groups in total. The SMILES string of the molecule is CNC(=O)c1cc(Oc2ccc(NC(=O)Nc3ccc4c(c3)OC(F)(F)O4)c(F)c2)ccn1.CNC(=O)c1cc(Oc2ccc(NC(=O)Nc3ccc4nccnc4c3)cc2)ccn1. The summed E-state index contributed by atoms with van der Waals surface area (Å²) in [7, 11) is 2.99. The summed E-state index contributed by atoms with van der Waals surface area (Å²) in [4.78, 5) is 64.1. The Kier molecular flexibility index (Phi) is 12.9. The van der Waals surface area contributed by atoms with Crippen LogP contribution in [0.1, 0.15) is 21.0 Å². The average molecular weight is 875 g/mol. The number of rotatable bonds is 10. The molecule has 1 aliphatic heterocycles. The highest BCUT2D eigenvalue weighted by atomic mass is 19.3. The van der Waals surface area contributed by atoms with E-state index in [1.807, 2.05) is 0 Å². The van der Waals surface area contributed by atoms with E-state index in [1.165, 1.54) is 62.9 Å². The lowest BCUT2D eigenvalue weighted by Gasteiger charge is -2.11. The summed E-state index contributed by atoms with van der Waals surface area (Å²) in [5.41, 5.74) is 2.98. The molecule has 0 saturated carbocycles. The molecule has 7 aromatic rings. The lowest BCUT2D eigenvalue weighted by molar-refractivity contribution is -0.286. The molecule has 324 valence electrons. The molecule has 4 aromatic carbocycles. The van der Waals surface area contributed by atoms with E-state index < -0.39 is 24.1 Å². The number of hydrogen-bond acceptors (Lipinski definition) is 12. The molecule has 0 fully saturated rings. The zero-order valence-corrected chi connectivity index (χ0v) is 33.3. The first-order valence-electron chi connectivity index (χ1n) is 18.7. The van der Waals surface area contributed by atoms with Crippen LogP contribution in [0, 0.1) is 5.82 Å². The molecule has 0 saturated heterocycles. The number of nitrogens with one attached hydrogen (secondary N) is 6. The summed E-state index contributed by atoms with van der Waals surface area (Å²) in [6, 6.07) is 24.4. The highest BCUT2D eigenvalue weighted by Gasteiger charge is 2.43. The summed E-state index contributed by atoms with van der Waals surface area (Å²) >= 11 is 0. The maximum absolute atomic E-state index is 14.5. The van der Waals surface area contributed by atoms with Gasteiger partial charge in [0.15, 0.2) is 11.5 Å². The van der Waals surface area contributed by atoms with Crippen LogP contribution in [0.5, 0.6) is 34.5 Å². The highest BCUT2D eigenvalue weighted by Crippen LogP contribution is 2.42. The molecular formula is C43H33F3N10O8. The summed E-state index contributed by atoms with van der Waals surface area (Å²) in [6.07, 6.45) is 2.30. The largest absolute Gasteiger partial charge is 0.586 e. The molecule has 64 heavy (non-hydrogen) atoms. The molecule has 0 unspecified atom stereocenters. The minimum absolute atomic E-state index is 0.115. The number of amides is 6. The van der Waals surface area contributed by atoms with Gasteiger partial charge < -0.3 is 50.8 Å². The van der Waals surface area contributed by atoms with Crippen molar-refractivity contribution in [1.82, 2.24) is 30.6 Å². The Hall–Kier alpha value is -9.01. The van der Waals surface area contributed by atoms with Gasteiger partial charge >= 0.3 is 18.4 Å². The van der Waals surface area contributed by atoms with Crippen molar-refractivity contribution < 1.29 is 51.3 Å². The molecule has 0 spiro atoms. The van der Waals surface area contributed by atoms with Crippen LogP contribution < -0.4 is 50.8 Å². The Labute approximate surface area is 360 Å². The molecule has 0 aliphatic carbocycles. The van der Waals surface area contributed by atoms with E-state index >= 15 is 0 Å². The third-order valence-electron chi connectivity index (χ3n) is 8.54. The first-order chi connectivity index (χ1) is 30.8. The Morgan fingerprint density at radius 1 is 0.516 bits per heavy atom. The van der Waals surface area contributed by atoms with Gasteiger partial charge in [-0.15, -0.1) is 8.78 Å². The first kappa shape index (κ1) is 43.1. The maximum Gasteiger partial charge on any atom is 0.586 e. The lowest BCUT2D eigenvalue weighted by atomic mass is 10.2. The molecule has 4 heterocycles. The van der Waals surface area contributed by atoms with Crippen molar-refractivity contribution in [3.05, 3.63) is 145 Å². The Bertz CT molecular complexity index is 2870. The molecule has 0 bridgehead atoms. The second-order valence-corrected chi connectivity index (χ2v) is 13.0. The van der Waals surface area contributed by atoms with E-state index in [0.717, 1.165) is 17.6 Å². The number of aromatic nitrogens is 4. The van der Waals surface area contributed by atoms with Crippen molar-refractivity contribution >= 4 is 57.7 Å². The normalized spacial score (nSPS) is 11.8. The number of benzene rings is 4. The van der Waals surface area contributed by atoms with E-state index in [9.17, 15) is 32.3 Å². The monoisotopic (exact) mass is 874 g/mol. The Morgan fingerprint density at radius 2 is 1.03 bits per heavy atom. The third-order valence-corrected chi connectivity index (χ3v) is 8.54. The number of hydrogen-bond donors (Lipinski definition) is 6. The highest BCUT2D eigenvalue weighted by molar-refractivity contribution is 6.01. The van der Waals surface area contributed by atoms with Crippen LogP contribution in [-0.4, -0.2) is 64.2 Å². The maximum atomic E-state index is 14.5. The molecular weight excluding hydrogens is 842 g/mol. The summed E-state index contributed by atoms with van der Waals surface area (Å²) in [5.74, 6) is -0.527. The summed E-state index contributed by atoms with van der Waals surface area (Å²) in [6.45, 7) is 0. The zero-order valence-electron chi connectivity index (χ0n) is 33.3. The van der Waals surface area contributed by atoms with Crippen LogP contribution in [0.15, 0.2) is 128 Å². The van der Waals surface area contributed by atoms with Crippen LogP contribution in [0.3, 0.4) is 0 Å². The van der Waals surface area contributed by atoms with Gasteiger partial charge in [-0.2, -0.15) is 0 Å². The van der Waals surface area contributed by atoms with Gasteiger partial charge in [-0.1, -0.05) is 0 Å². The van der Waals surface area contributed by atoms with Crippen molar-refractivity contribution in [2.75, 3.05) is 35.4 Å². The molecule has 3 aromatic heterocycles. The van der Waals surface area contributed by atoms with Gasteiger partial charge in [0.05, 0.1) is 16.7 Å². The number of urea groups is 2. The first-order valence-corrected chi connectivity index (χ1v) is 18.7. The number of anilines is 4. The molecule has 18 nitrogen and oxygen atoms in total. The summed E-state index contributed by atoms with van der Waals surface area (Å²) < 4.78 is 60.5. The van der Waals surface area contributed by atoms with Crippen molar-refractivity contribution in [2.45, 2.75) is 6.29 Å². The number of alkyl halides is 2. The van der Waals surface area contributed by atoms with Crippen LogP contribution in [-0.2, 0) is 0 Å². The van der Waals surface area contributed by atoms with E-state index in [0.29, 0.717) is 28.4 Å². The number of halogens is 3. The quantitative estimate of drug-likeness (QED) is 0.0765. The predicted molar refractivity (Wildman–Crippen MR) is 226 cm³/mol. The van der Waals surface area contributed by atoms with Gasteiger partial charge in [0, 0.05) is 80.2 Å². The van der Waals surface area contributed by atoms with Gasteiger partial charge in [0.1, 0.15) is 40.2 Å². The van der Waals surface area contributed by atoms with Crippen LogP contribution in [0.2, 0.25) is 0 Å². The fourth-order valence-electron chi connectivity index (χ4n) is 5.64. The second kappa shape index (κ2) is 19.1. The van der Waals surface area contributed by atoms with E-state index in [4.69, 9.17) is 9.47 Å². The van der Waals surface area contributed by atoms with E-state index in [1.54, 1.807) is 67.0 Å². The topological polar surface area (TPSA) is 229 Å². The van der Waals surface area contributed by atoms with Gasteiger partial charge in [-0.05, 0) is 78.9 Å². The average Bonchev–Trinajstić information content (AvgIpc) is 3.60. The molecule has 1 aliphatic rings. The minimum Gasteiger partial charge on any atom is -0.457 e. The van der Waals surface area contributed by atoms with Crippen LogP contribution >= 0.6 is 0 Å². The second-order valence-electron chi connectivity index (χ2n) is 13.0. The van der Waals surface area contributed by atoms with Crippen LogP contribution in [0.25, 0.3) is 11.0 Å². The van der Waals surface area contributed by atoms with Crippen molar-refractivity contribution in [3.8, 4) is 34.5 Å². The fourth-order valence-corrected chi connectivity index (χ4v) is 5.64. The number of pyridine rings is 2. The van der Waals surface area contributed by atoms with E-state index in [2.05, 4.69) is 61.3 Å². The van der Waals surface area contributed by atoms with Gasteiger partial charge in [0.2, 0.25) is 0 Å². The Morgan fingerprint density at radius 3 is 1.67 bits per heavy atom. The number of fused-ring (bicyclic) bond motifs is 2. The molecule has 6 amide bonds. The molecule has 0 radical (unpaired) electrons. The Balaban J connectivity index is 0.000000192. The smallest absolute Gasteiger partial charge is 0.457 e. The number of carbonyl (C=O) groups excluding carboxylic acids is 4. The van der Waals surface area contributed by atoms with Crippen molar-refractivity contribution in [1.29, 1.82) is 0 Å². The van der Waals surface area contributed by atoms with Gasteiger partial charge in [-0.3, -0.25) is 29.5 Å². The summed E-state index contributed by atoms with van der Waals surface area (Å²) in [5, 5.41) is 15.1. The standard InChI is InChI=1S/C22H18N6O3.C21H15F3N4O5/c1-23-21(29)20-13-17(8-9-24-20)31-16-5-2-14(3-6-16)27-22(30)28-15-4-7-18-19(12-15)26-11-10-25-18;1-25-19(29)16-10-13(6-7-26-16)31-12-3-4-15(14(22)9-12)28-20(30)27-11-2-5-17-18(8-11)33-21(23,24)32-17/h2-13H,1H3,(H,23,29)(H2,27,28,30);2-10H,1H3,(H,25,29)(H2,27,28,30). The number of ether oxygens (including phenoxy) is 4. The van der Waals surface area contributed by atoms with E-state index in [-0.39, 0.29) is 57.7 Å². The lowest BCUT2D eigenvalue weighted by Crippen LogP contribution is -2.25. The zero-order chi connectivity index (χ0) is 45.2. The number of nitrogens with zero attached hydrogens (tertiary/aromatic N) is 4. The van der Waals surface area contributed by atoms with Crippen molar-refractivity contribution in [3.63, 3.8) is 0 Å².